The maximum absolute atomic E-state index is 11.2. The highest BCUT2D eigenvalue weighted by molar-refractivity contribution is 6.64. The van der Waals surface area contributed by atoms with Crippen LogP contribution in [0.2, 0.25) is 5.02 Å². The number of halogens is 2. The number of benzene rings is 1. The van der Waals surface area contributed by atoms with Crippen molar-refractivity contribution in [2.75, 3.05) is 0 Å². The van der Waals surface area contributed by atoms with Gasteiger partial charge in [0, 0.05) is 10.9 Å². The molecule has 2 rings (SSSR count). The van der Waals surface area contributed by atoms with Crippen molar-refractivity contribution in [2.24, 2.45) is 17.3 Å². The first-order valence-electron chi connectivity index (χ1n) is 5.56. The Morgan fingerprint density at radius 1 is 1.29 bits per heavy atom. The SMILES string of the molecule is CC1(C)C(C=Cc2ccc(Cl)cc2)C1C(=O)Cl. The second kappa shape index (κ2) is 4.47. The van der Waals surface area contributed by atoms with Gasteiger partial charge < -0.3 is 0 Å². The number of hydrogen-bond acceptors (Lipinski definition) is 1. The van der Waals surface area contributed by atoms with Crippen molar-refractivity contribution in [1.29, 1.82) is 0 Å². The van der Waals surface area contributed by atoms with Gasteiger partial charge in [0.05, 0.1) is 0 Å². The van der Waals surface area contributed by atoms with E-state index in [0.29, 0.717) is 0 Å². The minimum absolute atomic E-state index is 0.0121. The van der Waals surface area contributed by atoms with Crippen LogP contribution in [0.5, 0.6) is 0 Å². The van der Waals surface area contributed by atoms with Gasteiger partial charge in [0.25, 0.3) is 0 Å². The van der Waals surface area contributed by atoms with Gasteiger partial charge in [0.15, 0.2) is 0 Å². The van der Waals surface area contributed by atoms with Crippen LogP contribution in [0.3, 0.4) is 0 Å². The summed E-state index contributed by atoms with van der Waals surface area (Å²) < 4.78 is 0. The van der Waals surface area contributed by atoms with Gasteiger partial charge in [0.1, 0.15) is 0 Å². The fourth-order valence-corrected chi connectivity index (χ4v) is 2.80. The summed E-state index contributed by atoms with van der Waals surface area (Å²) in [5, 5.41) is 0.489. The topological polar surface area (TPSA) is 17.1 Å². The molecular weight excluding hydrogens is 255 g/mol. The molecule has 0 amide bonds. The van der Waals surface area contributed by atoms with E-state index < -0.39 is 0 Å². The predicted octanol–water partition coefficient (Wildman–Crippen LogP) is 4.39. The maximum Gasteiger partial charge on any atom is 0.225 e. The first kappa shape index (κ1) is 12.7. The molecule has 1 aromatic rings. The molecule has 1 fully saturated rings. The lowest BCUT2D eigenvalue weighted by atomic mass is 10.1. The van der Waals surface area contributed by atoms with Crippen molar-refractivity contribution in [2.45, 2.75) is 13.8 Å². The fourth-order valence-electron chi connectivity index (χ4n) is 2.26. The van der Waals surface area contributed by atoms with E-state index in [9.17, 15) is 4.79 Å². The minimum atomic E-state index is -0.235. The fraction of sp³-hybridized carbons (Fsp3) is 0.357. The highest BCUT2D eigenvalue weighted by Crippen LogP contribution is 2.60. The molecule has 0 N–H and O–H groups in total. The molecule has 0 aromatic heterocycles. The first-order chi connectivity index (χ1) is 7.93. The van der Waals surface area contributed by atoms with Crippen molar-refractivity contribution >= 4 is 34.5 Å². The van der Waals surface area contributed by atoms with Crippen molar-refractivity contribution in [3.8, 4) is 0 Å². The third-order valence-electron chi connectivity index (χ3n) is 3.52. The molecule has 3 heteroatoms. The second-order valence-electron chi connectivity index (χ2n) is 5.04. The highest BCUT2D eigenvalue weighted by Gasteiger charge is 2.59. The van der Waals surface area contributed by atoms with Crippen LogP contribution in [0.25, 0.3) is 6.08 Å². The average Bonchev–Trinajstić information content (AvgIpc) is 2.80. The van der Waals surface area contributed by atoms with E-state index in [-0.39, 0.29) is 22.5 Å². The quantitative estimate of drug-likeness (QED) is 0.744. The molecule has 2 unspecified atom stereocenters. The van der Waals surface area contributed by atoms with E-state index in [1.54, 1.807) is 0 Å². The van der Waals surface area contributed by atoms with Crippen LogP contribution in [0.4, 0.5) is 0 Å². The molecule has 0 aliphatic heterocycles. The third kappa shape index (κ3) is 2.56. The minimum Gasteiger partial charge on any atom is -0.281 e. The largest absolute Gasteiger partial charge is 0.281 e. The summed E-state index contributed by atoms with van der Waals surface area (Å²) in [6.45, 7) is 4.13. The lowest BCUT2D eigenvalue weighted by Crippen LogP contribution is -1.96. The van der Waals surface area contributed by atoms with Crippen LogP contribution in [0.15, 0.2) is 30.3 Å². The zero-order valence-electron chi connectivity index (χ0n) is 9.78. The number of carbonyl (C=O) groups excluding carboxylic acids is 1. The van der Waals surface area contributed by atoms with Gasteiger partial charge in [-0.05, 0) is 40.6 Å². The second-order valence-corrected chi connectivity index (χ2v) is 5.85. The van der Waals surface area contributed by atoms with Crippen LogP contribution in [0.1, 0.15) is 19.4 Å². The molecule has 1 aliphatic rings. The Kier molecular flexibility index (Phi) is 3.33. The lowest BCUT2D eigenvalue weighted by molar-refractivity contribution is -0.113. The Morgan fingerprint density at radius 2 is 1.88 bits per heavy atom. The van der Waals surface area contributed by atoms with E-state index in [2.05, 4.69) is 19.9 Å². The smallest absolute Gasteiger partial charge is 0.225 e. The Labute approximate surface area is 111 Å². The standard InChI is InChI=1S/C14H14Cl2O/c1-14(2)11(12(14)13(16)17)8-5-9-3-6-10(15)7-4-9/h3-8,11-12H,1-2H3. The summed E-state index contributed by atoms with van der Waals surface area (Å²) in [6.07, 6.45) is 4.08. The van der Waals surface area contributed by atoms with Gasteiger partial charge in [-0.3, -0.25) is 4.79 Å². The van der Waals surface area contributed by atoms with Crippen LogP contribution in [0, 0.1) is 17.3 Å². The Morgan fingerprint density at radius 3 is 2.35 bits per heavy atom. The van der Waals surface area contributed by atoms with Crippen LogP contribution in [-0.4, -0.2) is 5.24 Å². The summed E-state index contributed by atoms with van der Waals surface area (Å²) in [5.74, 6) is 0.191. The maximum atomic E-state index is 11.2. The van der Waals surface area contributed by atoms with Crippen LogP contribution in [-0.2, 0) is 4.79 Å². The zero-order valence-corrected chi connectivity index (χ0v) is 11.3. The molecule has 0 bridgehead atoms. The molecule has 1 aliphatic carbocycles. The number of hydrogen-bond donors (Lipinski definition) is 0. The van der Waals surface area contributed by atoms with E-state index in [1.165, 1.54) is 0 Å². The zero-order chi connectivity index (χ0) is 12.6. The molecule has 0 radical (unpaired) electrons. The first-order valence-corrected chi connectivity index (χ1v) is 6.31. The molecule has 1 aromatic carbocycles. The molecule has 1 saturated carbocycles. The van der Waals surface area contributed by atoms with Gasteiger partial charge in [-0.15, -0.1) is 0 Å². The van der Waals surface area contributed by atoms with Crippen molar-refractivity contribution < 1.29 is 4.79 Å². The van der Waals surface area contributed by atoms with Crippen molar-refractivity contribution in [1.82, 2.24) is 0 Å². The van der Waals surface area contributed by atoms with E-state index in [1.807, 2.05) is 30.3 Å². The van der Waals surface area contributed by atoms with E-state index in [0.717, 1.165) is 10.6 Å². The molecule has 0 saturated heterocycles. The molecule has 0 spiro atoms. The summed E-state index contributed by atoms with van der Waals surface area (Å²) in [7, 11) is 0. The third-order valence-corrected chi connectivity index (χ3v) is 4.01. The molecule has 17 heavy (non-hydrogen) atoms. The average molecular weight is 269 g/mol. The lowest BCUT2D eigenvalue weighted by Gasteiger charge is -1.97. The summed E-state index contributed by atoms with van der Waals surface area (Å²) >= 11 is 11.4. The van der Waals surface area contributed by atoms with Gasteiger partial charge in [-0.2, -0.15) is 0 Å². The highest BCUT2D eigenvalue weighted by atomic mass is 35.5. The molecule has 1 nitrogen and oxygen atoms in total. The van der Waals surface area contributed by atoms with Gasteiger partial charge in [0.2, 0.25) is 5.24 Å². The van der Waals surface area contributed by atoms with Crippen molar-refractivity contribution in [3.63, 3.8) is 0 Å². The van der Waals surface area contributed by atoms with E-state index >= 15 is 0 Å². The Hall–Kier alpha value is -0.790. The number of allylic oxidation sites excluding steroid dienone is 1. The number of rotatable bonds is 3. The summed E-state index contributed by atoms with van der Waals surface area (Å²) in [4.78, 5) is 11.2. The van der Waals surface area contributed by atoms with Crippen LogP contribution < -0.4 is 0 Å². The van der Waals surface area contributed by atoms with Gasteiger partial charge >= 0.3 is 0 Å². The summed E-state index contributed by atoms with van der Waals surface area (Å²) in [5.41, 5.74) is 1.07. The molecule has 90 valence electrons. The van der Waals surface area contributed by atoms with E-state index in [4.69, 9.17) is 23.2 Å². The Bertz CT molecular complexity index is 460. The normalized spacial score (nSPS) is 26.1. The Balaban J connectivity index is 2.08. The molecule has 2 atom stereocenters. The summed E-state index contributed by atoms with van der Waals surface area (Å²) in [6, 6.07) is 7.60. The van der Waals surface area contributed by atoms with Gasteiger partial charge in [-0.1, -0.05) is 49.7 Å². The van der Waals surface area contributed by atoms with Crippen LogP contribution >= 0.6 is 23.2 Å². The monoisotopic (exact) mass is 268 g/mol. The predicted molar refractivity (Wildman–Crippen MR) is 72.1 cm³/mol. The van der Waals surface area contributed by atoms with Gasteiger partial charge in [-0.25, -0.2) is 0 Å². The molecule has 0 heterocycles. The number of carbonyl (C=O) groups is 1. The molecular formula is C14H14Cl2O. The van der Waals surface area contributed by atoms with Crippen molar-refractivity contribution in [3.05, 3.63) is 40.9 Å².